The molecule has 2 aromatic carbocycles. The third kappa shape index (κ3) is 4.03. The van der Waals surface area contributed by atoms with Gasteiger partial charge < -0.3 is 10.2 Å². The third-order valence-corrected chi connectivity index (χ3v) is 3.27. The van der Waals surface area contributed by atoms with Crippen LogP contribution in [0.1, 0.15) is 5.56 Å². The smallest absolute Gasteiger partial charge is 0.228 e. The third-order valence-electron chi connectivity index (χ3n) is 2.97. The maximum atomic E-state index is 11.9. The van der Waals surface area contributed by atoms with Gasteiger partial charge in [0.1, 0.15) is 0 Å². The summed E-state index contributed by atoms with van der Waals surface area (Å²) in [6, 6.07) is 15.4. The summed E-state index contributed by atoms with van der Waals surface area (Å²) >= 11 is 4.22. The van der Waals surface area contributed by atoms with E-state index in [0.29, 0.717) is 6.42 Å². The first-order chi connectivity index (χ1) is 9.54. The molecule has 2 rings (SSSR count). The number of carbonyl (C=O) groups excluding carboxylic acids is 1. The molecule has 0 radical (unpaired) electrons. The zero-order valence-corrected chi connectivity index (χ0v) is 12.5. The monoisotopic (exact) mass is 286 g/mol. The van der Waals surface area contributed by atoms with Crippen LogP contribution in [0, 0.1) is 0 Å². The molecule has 0 aromatic heterocycles. The van der Waals surface area contributed by atoms with Crippen molar-refractivity contribution in [2.45, 2.75) is 11.3 Å². The molecule has 2 aromatic rings. The van der Waals surface area contributed by atoms with Crippen LogP contribution in [0.25, 0.3) is 0 Å². The number of hydrogen-bond acceptors (Lipinski definition) is 3. The number of amides is 1. The SMILES string of the molecule is CN(C)c1ccc(NC(=O)Cc2ccc(S)cc2)cc1. The zero-order valence-electron chi connectivity index (χ0n) is 11.6. The molecule has 0 bridgehead atoms. The summed E-state index contributed by atoms with van der Waals surface area (Å²) in [5.41, 5.74) is 2.89. The van der Waals surface area contributed by atoms with Crippen molar-refractivity contribution in [2.75, 3.05) is 24.3 Å². The van der Waals surface area contributed by atoms with E-state index < -0.39 is 0 Å². The van der Waals surface area contributed by atoms with E-state index in [4.69, 9.17) is 0 Å². The highest BCUT2D eigenvalue weighted by molar-refractivity contribution is 7.80. The minimum atomic E-state index is -0.0190. The maximum absolute atomic E-state index is 11.9. The number of thiol groups is 1. The number of benzene rings is 2. The molecule has 1 N–H and O–H groups in total. The molecule has 0 heterocycles. The number of nitrogens with zero attached hydrogens (tertiary/aromatic N) is 1. The molecule has 0 aliphatic heterocycles. The first-order valence-corrected chi connectivity index (χ1v) is 6.84. The summed E-state index contributed by atoms with van der Waals surface area (Å²) in [5.74, 6) is -0.0190. The van der Waals surface area contributed by atoms with Crippen LogP contribution < -0.4 is 10.2 Å². The molecule has 0 fully saturated rings. The molecule has 20 heavy (non-hydrogen) atoms. The van der Waals surface area contributed by atoms with Crippen molar-refractivity contribution >= 4 is 29.9 Å². The molecule has 4 heteroatoms. The van der Waals surface area contributed by atoms with Gasteiger partial charge in [-0.2, -0.15) is 0 Å². The van der Waals surface area contributed by atoms with Gasteiger partial charge in [-0.25, -0.2) is 0 Å². The van der Waals surface area contributed by atoms with Gasteiger partial charge >= 0.3 is 0 Å². The summed E-state index contributed by atoms with van der Waals surface area (Å²) in [5, 5.41) is 2.89. The number of rotatable bonds is 4. The molecular formula is C16H18N2OS. The quantitative estimate of drug-likeness (QED) is 0.846. The standard InChI is InChI=1S/C16H18N2OS/c1-18(2)14-7-5-13(6-8-14)17-16(19)11-12-3-9-15(20)10-4-12/h3-10,20H,11H2,1-2H3,(H,17,19). The van der Waals surface area contributed by atoms with E-state index in [0.717, 1.165) is 21.8 Å². The van der Waals surface area contributed by atoms with Crippen LogP contribution in [0.15, 0.2) is 53.4 Å². The topological polar surface area (TPSA) is 32.3 Å². The van der Waals surface area contributed by atoms with Crippen molar-refractivity contribution in [2.24, 2.45) is 0 Å². The summed E-state index contributed by atoms with van der Waals surface area (Å²) in [4.78, 5) is 14.9. The molecule has 0 unspecified atom stereocenters. The normalized spacial score (nSPS) is 10.2. The van der Waals surface area contributed by atoms with E-state index in [9.17, 15) is 4.79 Å². The molecule has 0 saturated heterocycles. The Morgan fingerprint density at radius 2 is 1.65 bits per heavy atom. The molecule has 0 spiro atoms. The number of carbonyl (C=O) groups is 1. The molecule has 3 nitrogen and oxygen atoms in total. The lowest BCUT2D eigenvalue weighted by molar-refractivity contribution is -0.115. The first kappa shape index (κ1) is 14.5. The molecule has 1 amide bonds. The minimum Gasteiger partial charge on any atom is -0.378 e. The van der Waals surface area contributed by atoms with Gasteiger partial charge in [-0.05, 0) is 42.0 Å². The van der Waals surface area contributed by atoms with Gasteiger partial charge in [-0.15, -0.1) is 12.6 Å². The van der Waals surface area contributed by atoms with Crippen molar-refractivity contribution in [1.82, 2.24) is 0 Å². The Kier molecular flexibility index (Phi) is 4.69. The van der Waals surface area contributed by atoms with Crippen molar-refractivity contribution in [1.29, 1.82) is 0 Å². The molecule has 104 valence electrons. The lowest BCUT2D eigenvalue weighted by Gasteiger charge is -2.13. The highest BCUT2D eigenvalue weighted by Crippen LogP contribution is 2.16. The largest absolute Gasteiger partial charge is 0.378 e. The highest BCUT2D eigenvalue weighted by Gasteiger charge is 2.04. The first-order valence-electron chi connectivity index (χ1n) is 6.40. The lowest BCUT2D eigenvalue weighted by Crippen LogP contribution is -2.14. The fourth-order valence-corrected chi connectivity index (χ4v) is 2.00. The van der Waals surface area contributed by atoms with Crippen LogP contribution in [-0.2, 0) is 11.2 Å². The van der Waals surface area contributed by atoms with E-state index >= 15 is 0 Å². The number of nitrogens with one attached hydrogen (secondary N) is 1. The predicted molar refractivity (Wildman–Crippen MR) is 86.8 cm³/mol. The van der Waals surface area contributed by atoms with E-state index in [1.165, 1.54) is 0 Å². The van der Waals surface area contributed by atoms with Crippen LogP contribution in [-0.4, -0.2) is 20.0 Å². The maximum Gasteiger partial charge on any atom is 0.228 e. The Balaban J connectivity index is 1.95. The highest BCUT2D eigenvalue weighted by atomic mass is 32.1. The Hall–Kier alpha value is -1.94. The zero-order chi connectivity index (χ0) is 14.5. The van der Waals surface area contributed by atoms with Crippen molar-refractivity contribution < 1.29 is 4.79 Å². The van der Waals surface area contributed by atoms with Crippen LogP contribution in [0.3, 0.4) is 0 Å². The second-order valence-electron chi connectivity index (χ2n) is 4.83. The molecule has 0 aliphatic carbocycles. The minimum absolute atomic E-state index is 0.0190. The Morgan fingerprint density at radius 3 is 2.20 bits per heavy atom. The Labute approximate surface area is 125 Å². The summed E-state index contributed by atoms with van der Waals surface area (Å²) < 4.78 is 0. The van der Waals surface area contributed by atoms with Gasteiger partial charge in [-0.3, -0.25) is 4.79 Å². The molecule has 0 saturated carbocycles. The lowest BCUT2D eigenvalue weighted by atomic mass is 10.1. The average molecular weight is 286 g/mol. The molecule has 0 aliphatic rings. The van der Waals surface area contributed by atoms with Crippen LogP contribution >= 0.6 is 12.6 Å². The Bertz CT molecular complexity index is 576. The molecule has 0 atom stereocenters. The van der Waals surface area contributed by atoms with Gasteiger partial charge in [-0.1, -0.05) is 12.1 Å². The van der Waals surface area contributed by atoms with Crippen molar-refractivity contribution in [3.63, 3.8) is 0 Å². The van der Waals surface area contributed by atoms with Crippen LogP contribution in [0.2, 0.25) is 0 Å². The van der Waals surface area contributed by atoms with E-state index in [2.05, 4.69) is 17.9 Å². The second kappa shape index (κ2) is 6.48. The predicted octanol–water partition coefficient (Wildman–Crippen LogP) is 3.22. The van der Waals surface area contributed by atoms with Crippen molar-refractivity contribution in [3.8, 4) is 0 Å². The van der Waals surface area contributed by atoms with Gasteiger partial charge in [0.05, 0.1) is 6.42 Å². The number of hydrogen-bond donors (Lipinski definition) is 2. The Morgan fingerprint density at radius 1 is 1.05 bits per heavy atom. The fourth-order valence-electron chi connectivity index (χ4n) is 1.85. The summed E-state index contributed by atoms with van der Waals surface area (Å²) in [6.45, 7) is 0. The van der Waals surface area contributed by atoms with Crippen LogP contribution in [0.5, 0.6) is 0 Å². The number of anilines is 2. The van der Waals surface area contributed by atoms with Gasteiger partial charge in [0, 0.05) is 30.4 Å². The fraction of sp³-hybridized carbons (Fsp3) is 0.188. The van der Waals surface area contributed by atoms with Crippen molar-refractivity contribution in [3.05, 3.63) is 54.1 Å². The molecular weight excluding hydrogens is 268 g/mol. The van der Waals surface area contributed by atoms with E-state index in [-0.39, 0.29) is 5.91 Å². The van der Waals surface area contributed by atoms with Gasteiger partial charge in [0.25, 0.3) is 0 Å². The van der Waals surface area contributed by atoms with E-state index in [1.807, 2.05) is 67.5 Å². The average Bonchev–Trinajstić information content (AvgIpc) is 2.42. The van der Waals surface area contributed by atoms with E-state index in [1.54, 1.807) is 0 Å². The summed E-state index contributed by atoms with van der Waals surface area (Å²) in [7, 11) is 3.97. The van der Waals surface area contributed by atoms with Gasteiger partial charge in [0.2, 0.25) is 5.91 Å². The summed E-state index contributed by atoms with van der Waals surface area (Å²) in [6.07, 6.45) is 0.365. The van der Waals surface area contributed by atoms with Gasteiger partial charge in [0.15, 0.2) is 0 Å². The van der Waals surface area contributed by atoms with Crippen LogP contribution in [0.4, 0.5) is 11.4 Å². The second-order valence-corrected chi connectivity index (χ2v) is 5.35.